The van der Waals surface area contributed by atoms with Crippen LogP contribution in [0.4, 0.5) is 0 Å². The van der Waals surface area contributed by atoms with Crippen molar-refractivity contribution >= 4 is 21.8 Å². The average Bonchev–Trinajstić information content (AvgIpc) is 3.59. The van der Waals surface area contributed by atoms with Gasteiger partial charge in [-0.3, -0.25) is 4.68 Å². The Morgan fingerprint density at radius 3 is 2.22 bits per heavy atom. The number of rotatable bonds is 7. The Balaban J connectivity index is 0.00000497. The average molecular weight is 900 g/mol. The number of benzene rings is 3. The minimum atomic E-state index is -0.121. The fourth-order valence-corrected chi connectivity index (χ4v) is 8.44. The van der Waals surface area contributed by atoms with Crippen LogP contribution >= 0.6 is 0 Å². The normalized spacial score (nSPS) is 16.7. The molecule has 7 rings (SSSR count). The number of para-hydroxylation sites is 1. The zero-order valence-corrected chi connectivity index (χ0v) is 36.4. The molecule has 0 fully saturated rings. The molecule has 6 heteroatoms. The molecule has 6 aromatic rings. The molecular formula is C48H56N4OPt. The van der Waals surface area contributed by atoms with Crippen molar-refractivity contribution in [2.75, 3.05) is 0 Å². The molecule has 3 heterocycles. The first-order valence-electron chi connectivity index (χ1n) is 19.5. The predicted molar refractivity (Wildman–Crippen MR) is 220 cm³/mol. The van der Waals surface area contributed by atoms with E-state index in [1.54, 1.807) is 5.57 Å². The maximum Gasteiger partial charge on any atom is 2.00 e. The van der Waals surface area contributed by atoms with E-state index in [1.807, 2.05) is 12.3 Å². The van der Waals surface area contributed by atoms with Gasteiger partial charge in [0.15, 0.2) is 0 Å². The van der Waals surface area contributed by atoms with E-state index in [0.717, 1.165) is 51.0 Å². The molecule has 0 aliphatic heterocycles. The van der Waals surface area contributed by atoms with E-state index >= 15 is 0 Å². The third-order valence-electron chi connectivity index (χ3n) is 11.4. The van der Waals surface area contributed by atoms with Gasteiger partial charge in [-0.25, -0.2) is 4.98 Å². The number of hydrogen-bond acceptors (Lipinski definition) is 3. The molecule has 0 spiro atoms. The van der Waals surface area contributed by atoms with Crippen molar-refractivity contribution in [1.82, 2.24) is 19.3 Å². The van der Waals surface area contributed by atoms with Gasteiger partial charge in [0, 0.05) is 40.4 Å². The molecule has 1 unspecified atom stereocenters. The Labute approximate surface area is 337 Å². The van der Waals surface area contributed by atoms with Crippen molar-refractivity contribution in [2.24, 2.45) is 17.8 Å². The summed E-state index contributed by atoms with van der Waals surface area (Å²) < 4.78 is 11.1. The minimum Gasteiger partial charge on any atom is -0.509 e. The topological polar surface area (TPSA) is 44.9 Å². The van der Waals surface area contributed by atoms with Crippen LogP contribution in [0.2, 0.25) is 0 Å². The molecule has 54 heavy (non-hydrogen) atoms. The first kappa shape index (κ1) is 39.7. The van der Waals surface area contributed by atoms with Crippen molar-refractivity contribution in [3.8, 4) is 23.0 Å². The number of aryl methyl sites for hydroxylation is 1. The summed E-state index contributed by atoms with van der Waals surface area (Å²) in [5.74, 6) is 4.18. The second kappa shape index (κ2) is 14.9. The summed E-state index contributed by atoms with van der Waals surface area (Å²) in [4.78, 5) is 4.86. The van der Waals surface area contributed by atoms with E-state index in [4.69, 9.17) is 14.8 Å². The first-order valence-corrected chi connectivity index (χ1v) is 19.5. The van der Waals surface area contributed by atoms with Crippen molar-refractivity contribution in [3.05, 3.63) is 119 Å². The molecule has 5 nitrogen and oxygen atoms in total. The van der Waals surface area contributed by atoms with E-state index in [9.17, 15) is 0 Å². The summed E-state index contributed by atoms with van der Waals surface area (Å²) in [5.41, 5.74) is 10.4. The molecule has 284 valence electrons. The van der Waals surface area contributed by atoms with Crippen molar-refractivity contribution in [1.29, 1.82) is 0 Å². The smallest absolute Gasteiger partial charge is 0.509 e. The molecule has 3 aromatic carbocycles. The number of aromatic nitrogens is 4. The summed E-state index contributed by atoms with van der Waals surface area (Å²) in [6.45, 7) is 27.3. The van der Waals surface area contributed by atoms with Crippen molar-refractivity contribution in [2.45, 2.75) is 113 Å². The van der Waals surface area contributed by atoms with E-state index < -0.39 is 0 Å². The number of ether oxygens (including phenoxy) is 1. The van der Waals surface area contributed by atoms with Gasteiger partial charge >= 0.3 is 21.1 Å². The van der Waals surface area contributed by atoms with Gasteiger partial charge in [0.25, 0.3) is 0 Å². The summed E-state index contributed by atoms with van der Waals surface area (Å²) in [6.07, 6.45) is 6.79. The van der Waals surface area contributed by atoms with E-state index in [2.05, 4.69) is 165 Å². The Bertz CT molecular complexity index is 2340. The Kier molecular flexibility index (Phi) is 11.0. The quantitative estimate of drug-likeness (QED) is 0.118. The number of nitrogens with zero attached hydrogens (tertiary/aromatic N) is 4. The number of pyridine rings is 1. The van der Waals surface area contributed by atoms with Gasteiger partial charge in [-0.1, -0.05) is 105 Å². The van der Waals surface area contributed by atoms with Gasteiger partial charge in [0.2, 0.25) is 0 Å². The fourth-order valence-electron chi connectivity index (χ4n) is 8.44. The molecule has 0 saturated carbocycles. The summed E-state index contributed by atoms with van der Waals surface area (Å²) in [5, 5.41) is 7.50. The van der Waals surface area contributed by atoms with Crippen LogP contribution in [-0.2, 0) is 31.9 Å². The largest absolute Gasteiger partial charge is 2.00 e. The SMILES string of the molecule is Cc1nn(-c2[c-]c(Oc3[c-]c4c(cc3)c3ccccc3n4-c3cc(C(C)(C)C)ccn3)cc(C(C)(C)C)c2)c(C)c1C1C(C(C)C)=CCC[C@@H]1C(C)C.[Pt+2]. The van der Waals surface area contributed by atoms with Crippen LogP contribution in [0, 0.1) is 43.7 Å². The van der Waals surface area contributed by atoms with Crippen LogP contribution in [0.3, 0.4) is 0 Å². The Morgan fingerprint density at radius 2 is 1.54 bits per heavy atom. The standard InChI is InChI=1S/C48H56N4O.Pt/c1-29(2)38-17-15-18-39(30(3)4)46(38)45-31(5)50-52(32(45)6)35-24-34(48(10,11)12)25-37(27-35)53-36-20-21-41-40-16-13-14-19-42(40)51(43(41)28-36)44-26-33(22-23-49-44)47(7,8)9;/h13-14,16-17,19-26,29-30,39,46H,15,18H2,1-12H3;/q-2;+2/t39-,46?;/m1./s1. The van der Waals surface area contributed by atoms with Gasteiger partial charge in [-0.15, -0.1) is 41.3 Å². The molecule has 0 radical (unpaired) electrons. The zero-order valence-electron chi connectivity index (χ0n) is 34.2. The van der Waals surface area contributed by atoms with Crippen molar-refractivity contribution < 1.29 is 25.8 Å². The van der Waals surface area contributed by atoms with E-state index in [-0.39, 0.29) is 31.9 Å². The molecular weight excluding hydrogens is 844 g/mol. The molecule has 1 aliphatic rings. The molecule has 0 amide bonds. The first-order chi connectivity index (χ1) is 25.0. The maximum atomic E-state index is 6.74. The number of hydrogen-bond donors (Lipinski definition) is 0. The van der Waals surface area contributed by atoms with Gasteiger partial charge in [-0.05, 0) is 90.1 Å². The third-order valence-corrected chi connectivity index (χ3v) is 11.4. The molecule has 3 aromatic heterocycles. The van der Waals surface area contributed by atoms with Crippen molar-refractivity contribution in [3.63, 3.8) is 0 Å². The minimum absolute atomic E-state index is 0. The van der Waals surface area contributed by atoms with Gasteiger partial charge in [0.05, 0.1) is 5.69 Å². The Hall–Kier alpha value is -3.95. The number of allylic oxidation sites excluding steroid dienone is 2. The summed E-state index contributed by atoms with van der Waals surface area (Å²) >= 11 is 0. The maximum absolute atomic E-state index is 6.74. The van der Waals surface area contributed by atoms with Crippen LogP contribution in [0.25, 0.3) is 33.3 Å². The van der Waals surface area contributed by atoms with Crippen LogP contribution in [-0.4, -0.2) is 19.3 Å². The summed E-state index contributed by atoms with van der Waals surface area (Å²) in [6, 6.07) is 28.6. The molecule has 0 saturated heterocycles. The molecule has 2 atom stereocenters. The molecule has 0 bridgehead atoms. The Morgan fingerprint density at radius 1 is 0.815 bits per heavy atom. The monoisotopic (exact) mass is 899 g/mol. The van der Waals surface area contributed by atoms with Gasteiger partial charge in [0.1, 0.15) is 5.82 Å². The third kappa shape index (κ3) is 7.38. The van der Waals surface area contributed by atoms with Crippen LogP contribution in [0.5, 0.6) is 11.5 Å². The summed E-state index contributed by atoms with van der Waals surface area (Å²) in [7, 11) is 0. The van der Waals surface area contributed by atoms with E-state index in [1.165, 1.54) is 23.2 Å². The fraction of sp³-hybridized carbons (Fsp3) is 0.417. The van der Waals surface area contributed by atoms with Gasteiger partial charge < -0.3 is 9.30 Å². The second-order valence-electron chi connectivity index (χ2n) is 17.9. The zero-order chi connectivity index (χ0) is 38.0. The van der Waals surface area contributed by atoms with Crippen LogP contribution < -0.4 is 4.74 Å². The van der Waals surface area contributed by atoms with E-state index in [0.29, 0.717) is 35.2 Å². The number of fused-ring (bicyclic) bond motifs is 3. The van der Waals surface area contributed by atoms with Gasteiger partial charge in [-0.2, -0.15) is 11.2 Å². The molecule has 0 N–H and O–H groups in total. The predicted octanol–water partition coefficient (Wildman–Crippen LogP) is 12.7. The van der Waals surface area contributed by atoms with Crippen LogP contribution in [0.15, 0.2) is 78.5 Å². The van der Waals surface area contributed by atoms with Crippen LogP contribution in [0.1, 0.15) is 116 Å². The second-order valence-corrected chi connectivity index (χ2v) is 17.9. The molecule has 1 aliphatic carbocycles.